The van der Waals surface area contributed by atoms with Crippen LogP contribution in [-0.2, 0) is 4.79 Å². The number of hydrogen-bond acceptors (Lipinski definition) is 3. The van der Waals surface area contributed by atoms with Gasteiger partial charge in [0.15, 0.2) is 6.61 Å². The van der Waals surface area contributed by atoms with Crippen LogP contribution in [0.2, 0.25) is 5.02 Å². The number of halogens is 2. The van der Waals surface area contributed by atoms with Crippen LogP contribution in [0.4, 0.5) is 10.1 Å². The molecule has 0 aliphatic carbocycles. The largest absolute Gasteiger partial charge is 0.484 e. The first-order chi connectivity index (χ1) is 10.5. The third-order valence-electron chi connectivity index (χ3n) is 2.71. The van der Waals surface area contributed by atoms with Gasteiger partial charge in [0.05, 0.1) is 5.02 Å². The Morgan fingerprint density at radius 2 is 1.86 bits per heavy atom. The molecule has 0 fully saturated rings. The quantitative estimate of drug-likeness (QED) is 0.887. The van der Waals surface area contributed by atoms with Crippen molar-refractivity contribution in [3.05, 3.63) is 58.9 Å². The van der Waals surface area contributed by atoms with Crippen molar-refractivity contribution in [3.63, 3.8) is 0 Å². The molecule has 114 valence electrons. The molecule has 0 radical (unpaired) electrons. The minimum absolute atomic E-state index is 0.0826. The Balaban J connectivity index is 1.89. The summed E-state index contributed by atoms with van der Waals surface area (Å²) in [5, 5.41) is 2.44. The molecule has 2 rings (SSSR count). The van der Waals surface area contributed by atoms with Gasteiger partial charge in [0.1, 0.15) is 11.6 Å². The van der Waals surface area contributed by atoms with Gasteiger partial charge in [0, 0.05) is 11.3 Å². The molecule has 22 heavy (non-hydrogen) atoms. The van der Waals surface area contributed by atoms with Crippen molar-refractivity contribution in [1.29, 1.82) is 0 Å². The summed E-state index contributed by atoms with van der Waals surface area (Å²) in [5.74, 6) is -1.12. The Morgan fingerprint density at radius 3 is 2.45 bits per heavy atom. The van der Waals surface area contributed by atoms with Crippen LogP contribution in [0.5, 0.6) is 5.75 Å². The Kier molecular flexibility index (Phi) is 4.95. The van der Waals surface area contributed by atoms with Gasteiger partial charge in [0.25, 0.3) is 5.91 Å². The van der Waals surface area contributed by atoms with E-state index < -0.39 is 17.6 Å². The standard InChI is InChI=1S/C15H12ClFN2O3/c16-12-7-10(3-6-13(12)17)19-14(20)8-22-11-4-1-9(2-5-11)15(18)21/h1-7H,8H2,(H2,18,21)(H,19,20). The van der Waals surface area contributed by atoms with Crippen LogP contribution in [0.1, 0.15) is 10.4 Å². The molecule has 0 spiro atoms. The van der Waals surface area contributed by atoms with Crippen molar-refractivity contribution in [3.8, 4) is 5.75 Å². The van der Waals surface area contributed by atoms with Gasteiger partial charge in [-0.3, -0.25) is 9.59 Å². The molecule has 0 aliphatic rings. The van der Waals surface area contributed by atoms with Crippen LogP contribution in [-0.4, -0.2) is 18.4 Å². The summed E-state index contributed by atoms with van der Waals surface area (Å²) in [6.07, 6.45) is 0. The smallest absolute Gasteiger partial charge is 0.262 e. The molecule has 2 amide bonds. The van der Waals surface area contributed by atoms with Crippen LogP contribution < -0.4 is 15.8 Å². The minimum Gasteiger partial charge on any atom is -0.484 e. The fraction of sp³-hybridized carbons (Fsp3) is 0.0667. The highest BCUT2D eigenvalue weighted by atomic mass is 35.5. The Bertz CT molecular complexity index is 704. The maximum atomic E-state index is 13.0. The summed E-state index contributed by atoms with van der Waals surface area (Å²) >= 11 is 5.62. The number of nitrogens with one attached hydrogen (secondary N) is 1. The zero-order chi connectivity index (χ0) is 16.1. The monoisotopic (exact) mass is 322 g/mol. The number of hydrogen-bond donors (Lipinski definition) is 2. The summed E-state index contributed by atoms with van der Waals surface area (Å²) in [5.41, 5.74) is 5.82. The molecular weight excluding hydrogens is 311 g/mol. The third kappa shape index (κ3) is 4.20. The summed E-state index contributed by atoms with van der Waals surface area (Å²) in [7, 11) is 0. The summed E-state index contributed by atoms with van der Waals surface area (Å²) < 4.78 is 18.3. The number of carbonyl (C=O) groups excluding carboxylic acids is 2. The van der Waals surface area contributed by atoms with Gasteiger partial charge in [-0.1, -0.05) is 11.6 Å². The van der Waals surface area contributed by atoms with Gasteiger partial charge >= 0.3 is 0 Å². The first kappa shape index (κ1) is 15.8. The van der Waals surface area contributed by atoms with Crippen LogP contribution in [0.3, 0.4) is 0 Å². The molecule has 7 heteroatoms. The number of primary amides is 1. The second-order valence-electron chi connectivity index (χ2n) is 4.35. The topological polar surface area (TPSA) is 81.4 Å². The van der Waals surface area contributed by atoms with Gasteiger partial charge in [-0.05, 0) is 42.5 Å². The summed E-state index contributed by atoms with van der Waals surface area (Å²) in [6, 6.07) is 9.90. The maximum absolute atomic E-state index is 13.0. The van der Waals surface area contributed by atoms with E-state index in [-0.39, 0.29) is 11.6 Å². The number of benzene rings is 2. The third-order valence-corrected chi connectivity index (χ3v) is 3.00. The predicted molar refractivity (Wildman–Crippen MR) is 80.5 cm³/mol. The lowest BCUT2D eigenvalue weighted by Crippen LogP contribution is -2.20. The number of anilines is 1. The molecule has 0 saturated heterocycles. The second kappa shape index (κ2) is 6.91. The van der Waals surface area contributed by atoms with Crippen molar-refractivity contribution in [2.75, 3.05) is 11.9 Å². The Hall–Kier alpha value is -2.60. The molecule has 0 bridgehead atoms. The number of nitrogens with two attached hydrogens (primary N) is 1. The molecule has 2 aromatic rings. The summed E-state index contributed by atoms with van der Waals surface area (Å²) in [6.45, 7) is -0.245. The van der Waals surface area contributed by atoms with Crippen LogP contribution >= 0.6 is 11.6 Å². The SMILES string of the molecule is NC(=O)c1ccc(OCC(=O)Nc2ccc(F)c(Cl)c2)cc1. The highest BCUT2D eigenvalue weighted by Gasteiger charge is 2.07. The highest BCUT2D eigenvalue weighted by Crippen LogP contribution is 2.19. The number of rotatable bonds is 5. The van der Waals surface area contributed by atoms with Crippen molar-refractivity contribution in [2.45, 2.75) is 0 Å². The lowest BCUT2D eigenvalue weighted by molar-refractivity contribution is -0.118. The van der Waals surface area contributed by atoms with Gasteiger partial charge in [-0.25, -0.2) is 4.39 Å². The molecule has 0 saturated carbocycles. The average Bonchev–Trinajstić information content (AvgIpc) is 2.49. The molecule has 0 atom stereocenters. The average molecular weight is 323 g/mol. The van der Waals surface area contributed by atoms with Crippen molar-refractivity contribution in [1.82, 2.24) is 0 Å². The van der Waals surface area contributed by atoms with E-state index in [9.17, 15) is 14.0 Å². The first-order valence-electron chi connectivity index (χ1n) is 6.23. The zero-order valence-electron chi connectivity index (χ0n) is 11.3. The van der Waals surface area contributed by atoms with Crippen LogP contribution in [0.25, 0.3) is 0 Å². The molecule has 2 aromatic carbocycles. The second-order valence-corrected chi connectivity index (χ2v) is 4.76. The fourth-order valence-corrected chi connectivity index (χ4v) is 1.82. The van der Waals surface area contributed by atoms with Crippen molar-refractivity contribution >= 4 is 29.1 Å². The Labute approximate surface area is 130 Å². The van der Waals surface area contributed by atoms with E-state index in [0.717, 1.165) is 6.07 Å². The normalized spacial score (nSPS) is 10.1. The van der Waals surface area contributed by atoms with Gasteiger partial charge in [-0.15, -0.1) is 0 Å². The van der Waals surface area contributed by atoms with E-state index in [1.165, 1.54) is 36.4 Å². The number of amides is 2. The van der Waals surface area contributed by atoms with E-state index in [2.05, 4.69) is 5.32 Å². The van der Waals surface area contributed by atoms with Crippen molar-refractivity contribution < 1.29 is 18.7 Å². The van der Waals surface area contributed by atoms with E-state index in [4.69, 9.17) is 22.1 Å². The lowest BCUT2D eigenvalue weighted by atomic mass is 10.2. The van der Waals surface area contributed by atoms with E-state index >= 15 is 0 Å². The molecule has 3 N–H and O–H groups in total. The molecule has 5 nitrogen and oxygen atoms in total. The molecule has 0 unspecified atom stereocenters. The van der Waals surface area contributed by atoms with Crippen molar-refractivity contribution in [2.24, 2.45) is 5.73 Å². The van der Waals surface area contributed by atoms with E-state index in [0.29, 0.717) is 17.0 Å². The molecule has 0 aliphatic heterocycles. The molecule has 0 aromatic heterocycles. The fourth-order valence-electron chi connectivity index (χ4n) is 1.64. The minimum atomic E-state index is -0.564. The number of carbonyl (C=O) groups is 2. The van der Waals surface area contributed by atoms with Crippen LogP contribution in [0, 0.1) is 5.82 Å². The lowest BCUT2D eigenvalue weighted by Gasteiger charge is -2.08. The molecule has 0 heterocycles. The zero-order valence-corrected chi connectivity index (χ0v) is 12.1. The Morgan fingerprint density at radius 1 is 1.18 bits per heavy atom. The highest BCUT2D eigenvalue weighted by molar-refractivity contribution is 6.31. The van der Waals surface area contributed by atoms with Gasteiger partial charge in [-0.2, -0.15) is 0 Å². The first-order valence-corrected chi connectivity index (χ1v) is 6.61. The summed E-state index contributed by atoms with van der Waals surface area (Å²) in [4.78, 5) is 22.6. The van der Waals surface area contributed by atoms with Gasteiger partial charge < -0.3 is 15.8 Å². The number of ether oxygens (including phenoxy) is 1. The van der Waals surface area contributed by atoms with Gasteiger partial charge in [0.2, 0.25) is 5.91 Å². The van der Waals surface area contributed by atoms with E-state index in [1.807, 2.05) is 0 Å². The van der Waals surface area contributed by atoms with E-state index in [1.54, 1.807) is 0 Å². The molecular formula is C15H12ClFN2O3. The maximum Gasteiger partial charge on any atom is 0.262 e. The van der Waals surface area contributed by atoms with Crippen LogP contribution in [0.15, 0.2) is 42.5 Å². The predicted octanol–water partition coefficient (Wildman–Crippen LogP) is 2.60.